The summed E-state index contributed by atoms with van der Waals surface area (Å²) in [4.78, 5) is 0. The van der Waals surface area contributed by atoms with Gasteiger partial charge < -0.3 is 4.42 Å². The van der Waals surface area contributed by atoms with Crippen LogP contribution in [0.25, 0.3) is 22.6 Å². The average Bonchev–Trinajstić information content (AvgIpc) is 3.01. The lowest BCUT2D eigenvalue weighted by atomic mass is 10.2. The highest BCUT2D eigenvalue weighted by atomic mass is 79.9. The van der Waals surface area contributed by atoms with Gasteiger partial charge in [0.1, 0.15) is 5.03 Å². The zero-order chi connectivity index (χ0) is 16.4. The van der Waals surface area contributed by atoms with Crippen molar-refractivity contribution in [3.63, 3.8) is 0 Å². The molecule has 0 atom stereocenters. The van der Waals surface area contributed by atoms with Crippen LogP contribution in [0.2, 0.25) is 0 Å². The van der Waals surface area contributed by atoms with Gasteiger partial charge in [-0.3, -0.25) is 0 Å². The second-order valence-corrected chi connectivity index (χ2v) is 5.82. The second kappa shape index (κ2) is 6.60. The first-order valence-corrected chi connectivity index (χ1v) is 7.63. The summed E-state index contributed by atoms with van der Waals surface area (Å²) < 4.78 is 32.4. The van der Waals surface area contributed by atoms with Gasteiger partial charge in [-0.15, -0.1) is 10.2 Å². The van der Waals surface area contributed by atoms with Crippen LogP contribution in [0.1, 0.15) is 11.5 Å². The molecule has 0 unspecified atom stereocenters. The lowest BCUT2D eigenvalue weighted by Crippen LogP contribution is -1.84. The molecule has 0 bridgehead atoms. The molecule has 0 amide bonds. The van der Waals surface area contributed by atoms with Crippen molar-refractivity contribution in [3.05, 3.63) is 70.0 Å². The summed E-state index contributed by atoms with van der Waals surface area (Å²) in [5.41, 5.74) is 1.11. The van der Waals surface area contributed by atoms with Crippen LogP contribution >= 0.6 is 27.5 Å². The fourth-order valence-corrected chi connectivity index (χ4v) is 2.53. The first-order valence-electron chi connectivity index (χ1n) is 6.45. The van der Waals surface area contributed by atoms with E-state index in [0.717, 1.165) is 22.2 Å². The summed E-state index contributed by atoms with van der Waals surface area (Å²) in [5, 5.41) is 7.93. The number of hydrogen-bond donors (Lipinski definition) is 0. The van der Waals surface area contributed by atoms with Crippen LogP contribution < -0.4 is 0 Å². The predicted molar refractivity (Wildman–Crippen MR) is 87.5 cm³/mol. The van der Waals surface area contributed by atoms with E-state index < -0.39 is 11.6 Å². The first-order chi connectivity index (χ1) is 11.0. The Bertz CT molecular complexity index is 895. The summed E-state index contributed by atoms with van der Waals surface area (Å²) in [5.74, 6) is -1.50. The molecular formula is C16H8BrClF2N2O. The van der Waals surface area contributed by atoms with Crippen LogP contribution in [0, 0.1) is 11.6 Å². The Morgan fingerprint density at radius 3 is 2.61 bits per heavy atom. The maximum Gasteiger partial charge on any atom is 0.259 e. The topological polar surface area (TPSA) is 38.9 Å². The minimum absolute atomic E-state index is 0.0853. The molecule has 0 aliphatic carbocycles. The molecule has 7 heteroatoms. The van der Waals surface area contributed by atoms with E-state index in [1.165, 1.54) is 12.1 Å². The van der Waals surface area contributed by atoms with Crippen molar-refractivity contribution in [1.29, 1.82) is 0 Å². The highest BCUT2D eigenvalue weighted by Crippen LogP contribution is 2.29. The van der Waals surface area contributed by atoms with Crippen molar-refractivity contribution < 1.29 is 13.2 Å². The van der Waals surface area contributed by atoms with Gasteiger partial charge in [-0.05, 0) is 51.8 Å². The summed E-state index contributed by atoms with van der Waals surface area (Å²) in [6.45, 7) is 0. The standard InChI is InChI=1S/C16H8BrClF2N2O/c17-11-4-2-1-3-10(11)15-21-22-16(23-15)12(18)7-9-5-6-13(19)14(20)8-9/h1-8H/b12-7-. The first kappa shape index (κ1) is 15.8. The Kier molecular flexibility index (Phi) is 4.54. The van der Waals surface area contributed by atoms with Crippen molar-refractivity contribution in [2.45, 2.75) is 0 Å². The van der Waals surface area contributed by atoms with Crippen LogP contribution in [0.15, 0.2) is 51.4 Å². The van der Waals surface area contributed by atoms with E-state index in [1.54, 1.807) is 0 Å². The molecule has 3 aromatic rings. The quantitative estimate of drug-likeness (QED) is 0.584. The molecule has 1 aromatic heterocycles. The highest BCUT2D eigenvalue weighted by molar-refractivity contribution is 9.10. The monoisotopic (exact) mass is 396 g/mol. The van der Waals surface area contributed by atoms with E-state index in [2.05, 4.69) is 26.1 Å². The van der Waals surface area contributed by atoms with Crippen LogP contribution in [-0.4, -0.2) is 10.2 Å². The number of hydrogen-bond acceptors (Lipinski definition) is 3. The van der Waals surface area contributed by atoms with Gasteiger partial charge in [0.15, 0.2) is 11.6 Å². The Balaban J connectivity index is 1.92. The van der Waals surface area contributed by atoms with Gasteiger partial charge in [0.25, 0.3) is 5.89 Å². The zero-order valence-electron chi connectivity index (χ0n) is 11.4. The number of nitrogens with zero attached hydrogens (tertiary/aromatic N) is 2. The van der Waals surface area contributed by atoms with Crippen LogP contribution in [-0.2, 0) is 0 Å². The third kappa shape index (κ3) is 3.48. The Morgan fingerprint density at radius 1 is 1.09 bits per heavy atom. The highest BCUT2D eigenvalue weighted by Gasteiger charge is 2.13. The summed E-state index contributed by atoms with van der Waals surface area (Å²) in [7, 11) is 0. The second-order valence-electron chi connectivity index (χ2n) is 4.56. The molecule has 3 rings (SSSR count). The van der Waals surface area contributed by atoms with Crippen molar-refractivity contribution in [2.24, 2.45) is 0 Å². The van der Waals surface area contributed by atoms with Gasteiger partial charge >= 0.3 is 0 Å². The largest absolute Gasteiger partial charge is 0.415 e. The molecular weight excluding hydrogens is 390 g/mol. The summed E-state index contributed by atoms with van der Waals surface area (Å²) in [6.07, 6.45) is 1.42. The molecule has 0 saturated heterocycles. The van der Waals surface area contributed by atoms with E-state index in [9.17, 15) is 8.78 Å². The summed E-state index contributed by atoms with van der Waals surface area (Å²) in [6, 6.07) is 10.8. The maximum absolute atomic E-state index is 13.2. The fourth-order valence-electron chi connectivity index (χ4n) is 1.87. The molecule has 0 aliphatic rings. The van der Waals surface area contributed by atoms with Gasteiger partial charge in [0.05, 0.1) is 5.56 Å². The van der Waals surface area contributed by atoms with E-state index in [0.29, 0.717) is 11.5 Å². The number of benzene rings is 2. The van der Waals surface area contributed by atoms with Crippen LogP contribution in [0.4, 0.5) is 8.78 Å². The molecule has 116 valence electrons. The maximum atomic E-state index is 13.2. The smallest absolute Gasteiger partial charge is 0.259 e. The zero-order valence-corrected chi connectivity index (χ0v) is 13.8. The Labute approximate surface area is 143 Å². The minimum Gasteiger partial charge on any atom is -0.415 e. The van der Waals surface area contributed by atoms with Crippen molar-refractivity contribution in [1.82, 2.24) is 10.2 Å². The van der Waals surface area contributed by atoms with Crippen molar-refractivity contribution >= 4 is 38.6 Å². The van der Waals surface area contributed by atoms with Crippen molar-refractivity contribution in [3.8, 4) is 11.5 Å². The third-order valence-electron chi connectivity index (χ3n) is 2.97. The fraction of sp³-hybridized carbons (Fsp3) is 0. The lowest BCUT2D eigenvalue weighted by molar-refractivity contribution is 0.508. The van der Waals surface area contributed by atoms with Gasteiger partial charge in [-0.1, -0.05) is 29.8 Å². The average molecular weight is 398 g/mol. The molecule has 0 fully saturated rings. The van der Waals surface area contributed by atoms with E-state index >= 15 is 0 Å². The van der Waals surface area contributed by atoms with Crippen LogP contribution in [0.5, 0.6) is 0 Å². The number of aromatic nitrogens is 2. The number of rotatable bonds is 3. The SMILES string of the molecule is Fc1ccc(/C=C(\Cl)c2nnc(-c3ccccc3Br)o2)cc1F. The molecule has 3 nitrogen and oxygen atoms in total. The molecule has 2 aromatic carbocycles. The third-order valence-corrected chi connectivity index (χ3v) is 3.93. The molecule has 0 aliphatic heterocycles. The van der Waals surface area contributed by atoms with Crippen LogP contribution in [0.3, 0.4) is 0 Å². The van der Waals surface area contributed by atoms with Gasteiger partial charge in [-0.2, -0.15) is 0 Å². The molecule has 0 radical (unpaired) electrons. The Hall–Kier alpha value is -2.05. The van der Waals surface area contributed by atoms with Gasteiger partial charge in [-0.25, -0.2) is 8.78 Å². The Morgan fingerprint density at radius 2 is 1.87 bits per heavy atom. The molecule has 0 N–H and O–H groups in total. The number of halogens is 4. The lowest BCUT2D eigenvalue weighted by Gasteiger charge is -1.98. The summed E-state index contributed by atoms with van der Waals surface area (Å²) >= 11 is 9.51. The van der Waals surface area contributed by atoms with Crippen molar-refractivity contribution in [2.75, 3.05) is 0 Å². The normalized spacial score (nSPS) is 11.7. The predicted octanol–water partition coefficient (Wildman–Crippen LogP) is 5.51. The minimum atomic E-state index is -0.956. The molecule has 0 spiro atoms. The van der Waals surface area contributed by atoms with Gasteiger partial charge in [0.2, 0.25) is 5.89 Å². The van der Waals surface area contributed by atoms with E-state index in [1.807, 2.05) is 24.3 Å². The molecule has 23 heavy (non-hydrogen) atoms. The van der Waals surface area contributed by atoms with E-state index in [-0.39, 0.29) is 10.9 Å². The van der Waals surface area contributed by atoms with E-state index in [4.69, 9.17) is 16.0 Å². The van der Waals surface area contributed by atoms with Gasteiger partial charge in [0, 0.05) is 4.47 Å². The molecule has 1 heterocycles. The molecule has 0 saturated carbocycles.